The number of carbonyl (C=O) groups is 1. The Hall–Kier alpha value is -0.790. The number of allylic oxidation sites excluding steroid dienone is 1. The molecule has 0 spiro atoms. The maximum Gasteiger partial charge on any atom is 0.330 e. The number of hydrogen-bond acceptors (Lipinski definition) is 2. The molecule has 19 heavy (non-hydrogen) atoms. The zero-order chi connectivity index (χ0) is 13.0. The van der Waals surface area contributed by atoms with Crippen LogP contribution < -0.4 is 0 Å². The first-order valence-corrected chi connectivity index (χ1v) is 8.05. The lowest BCUT2D eigenvalue weighted by molar-refractivity contribution is -0.147. The molecule has 0 aromatic heterocycles. The second-order valence-electron chi connectivity index (χ2n) is 7.29. The van der Waals surface area contributed by atoms with Crippen molar-refractivity contribution in [2.75, 3.05) is 6.61 Å². The molecule has 4 rings (SSSR count). The molecule has 4 saturated carbocycles. The summed E-state index contributed by atoms with van der Waals surface area (Å²) in [6, 6.07) is 0. The molecule has 4 unspecified atom stereocenters. The minimum absolute atomic E-state index is 0.138. The number of rotatable bonds is 3. The Morgan fingerprint density at radius 3 is 2.37 bits per heavy atom. The zero-order valence-electron chi connectivity index (χ0n) is 11.8. The van der Waals surface area contributed by atoms with Gasteiger partial charge in [0.05, 0.1) is 6.61 Å². The average molecular weight is 260 g/mol. The van der Waals surface area contributed by atoms with E-state index in [1.54, 1.807) is 12.2 Å². The molecule has 0 aromatic carbocycles. The second-order valence-corrected chi connectivity index (χ2v) is 7.29. The molecule has 104 valence electrons. The van der Waals surface area contributed by atoms with Gasteiger partial charge in [-0.05, 0) is 75.0 Å². The Morgan fingerprint density at radius 1 is 1.16 bits per heavy atom. The van der Waals surface area contributed by atoms with E-state index in [1.807, 2.05) is 6.92 Å². The highest BCUT2D eigenvalue weighted by Crippen LogP contribution is 2.74. The van der Waals surface area contributed by atoms with Gasteiger partial charge in [-0.2, -0.15) is 0 Å². The Kier molecular flexibility index (Phi) is 2.59. The monoisotopic (exact) mass is 260 g/mol. The number of hydrogen-bond donors (Lipinski definition) is 0. The molecule has 4 fully saturated rings. The van der Waals surface area contributed by atoms with Crippen LogP contribution in [0.25, 0.3) is 0 Å². The van der Waals surface area contributed by atoms with Gasteiger partial charge in [-0.1, -0.05) is 6.08 Å². The first-order chi connectivity index (χ1) is 9.25. The fourth-order valence-corrected chi connectivity index (χ4v) is 6.51. The topological polar surface area (TPSA) is 26.3 Å². The van der Waals surface area contributed by atoms with Gasteiger partial charge in [0.25, 0.3) is 0 Å². The van der Waals surface area contributed by atoms with Crippen LogP contribution in [0, 0.1) is 35.0 Å². The fourth-order valence-electron chi connectivity index (χ4n) is 6.51. The third kappa shape index (κ3) is 1.46. The van der Waals surface area contributed by atoms with Crippen LogP contribution in [-0.2, 0) is 9.53 Å². The summed E-state index contributed by atoms with van der Waals surface area (Å²) in [5.41, 5.74) is 0.392. The van der Waals surface area contributed by atoms with Crippen LogP contribution in [0.1, 0.15) is 45.4 Å². The van der Waals surface area contributed by atoms with Crippen molar-refractivity contribution in [3.63, 3.8) is 0 Å². The van der Waals surface area contributed by atoms with E-state index in [-0.39, 0.29) is 5.97 Å². The van der Waals surface area contributed by atoms with Crippen molar-refractivity contribution in [3.8, 4) is 0 Å². The van der Waals surface area contributed by atoms with Gasteiger partial charge in [0.15, 0.2) is 0 Å². The van der Waals surface area contributed by atoms with Crippen LogP contribution in [0.3, 0.4) is 0 Å². The number of fused-ring (bicyclic) bond motifs is 9. The van der Waals surface area contributed by atoms with E-state index in [2.05, 4.69) is 0 Å². The maximum absolute atomic E-state index is 11.7. The van der Waals surface area contributed by atoms with Gasteiger partial charge >= 0.3 is 5.97 Å². The lowest BCUT2D eigenvalue weighted by Gasteiger charge is -2.46. The summed E-state index contributed by atoms with van der Waals surface area (Å²) in [5, 5.41) is 0. The number of carbonyl (C=O) groups excluding carboxylic acids is 1. The van der Waals surface area contributed by atoms with E-state index in [0.29, 0.717) is 12.0 Å². The minimum atomic E-state index is -0.138. The highest BCUT2D eigenvalue weighted by Gasteiger charge is 2.69. The van der Waals surface area contributed by atoms with Gasteiger partial charge < -0.3 is 4.74 Å². The average Bonchev–Trinajstić information content (AvgIpc) is 3.14. The van der Waals surface area contributed by atoms with Gasteiger partial charge in [-0.15, -0.1) is 0 Å². The van der Waals surface area contributed by atoms with Gasteiger partial charge in [0.1, 0.15) is 0 Å². The van der Waals surface area contributed by atoms with Crippen molar-refractivity contribution in [3.05, 3.63) is 12.2 Å². The van der Waals surface area contributed by atoms with Crippen molar-refractivity contribution in [1.82, 2.24) is 0 Å². The van der Waals surface area contributed by atoms with E-state index >= 15 is 0 Å². The van der Waals surface area contributed by atoms with Crippen molar-refractivity contribution < 1.29 is 9.53 Å². The highest BCUT2D eigenvalue weighted by atomic mass is 16.5. The lowest BCUT2D eigenvalue weighted by Crippen LogP contribution is -2.45. The molecule has 4 atom stereocenters. The molecule has 0 aromatic rings. The Labute approximate surface area is 115 Å². The molecule has 0 N–H and O–H groups in total. The molecule has 2 heteroatoms. The largest absolute Gasteiger partial charge is 0.462 e. The molecule has 2 nitrogen and oxygen atoms in total. The SMILES string of the molecule is CC=CC(=O)OCC12C3CCC(C3)C1C1CCC2C1. The molecule has 4 aliphatic carbocycles. The Bertz CT molecular complexity index is 403. The minimum Gasteiger partial charge on any atom is -0.462 e. The molecular weight excluding hydrogens is 236 g/mol. The summed E-state index contributed by atoms with van der Waals surface area (Å²) in [5.74, 6) is 4.39. The summed E-state index contributed by atoms with van der Waals surface area (Å²) in [6.07, 6.45) is 11.9. The molecule has 4 bridgehead atoms. The molecule has 4 aliphatic rings. The quantitative estimate of drug-likeness (QED) is 0.440. The molecule has 0 saturated heterocycles. The highest BCUT2D eigenvalue weighted by molar-refractivity contribution is 5.81. The van der Waals surface area contributed by atoms with Crippen LogP contribution in [0.2, 0.25) is 0 Å². The van der Waals surface area contributed by atoms with Gasteiger partial charge in [-0.25, -0.2) is 4.79 Å². The number of esters is 1. The van der Waals surface area contributed by atoms with Crippen LogP contribution in [0.5, 0.6) is 0 Å². The second kappa shape index (κ2) is 4.10. The summed E-state index contributed by atoms with van der Waals surface area (Å²) in [6.45, 7) is 2.58. The standard InChI is InChI=1S/C17H24O2/c1-2-3-15(18)19-10-17-13-6-4-11(8-13)16(17)12-5-7-14(17)9-12/h2-3,11-14,16H,4-10H2,1H3. The Balaban J connectivity index is 1.58. The number of ether oxygens (including phenoxy) is 1. The van der Waals surface area contributed by atoms with Crippen LogP contribution in [0.15, 0.2) is 12.2 Å². The van der Waals surface area contributed by atoms with E-state index in [9.17, 15) is 4.79 Å². The lowest BCUT2D eigenvalue weighted by atomic mass is 9.59. The molecule has 0 aliphatic heterocycles. The van der Waals surface area contributed by atoms with Crippen molar-refractivity contribution in [2.45, 2.75) is 45.4 Å². The molecule has 0 amide bonds. The van der Waals surface area contributed by atoms with Gasteiger partial charge in [0, 0.05) is 11.5 Å². The van der Waals surface area contributed by atoms with E-state index < -0.39 is 0 Å². The van der Waals surface area contributed by atoms with Crippen molar-refractivity contribution >= 4 is 5.97 Å². The summed E-state index contributed by atoms with van der Waals surface area (Å²) >= 11 is 0. The fraction of sp³-hybridized carbons (Fsp3) is 0.824. The van der Waals surface area contributed by atoms with E-state index in [4.69, 9.17) is 4.74 Å². The van der Waals surface area contributed by atoms with Gasteiger partial charge in [-0.3, -0.25) is 0 Å². The first kappa shape index (κ1) is 12.0. The van der Waals surface area contributed by atoms with Gasteiger partial charge in [0.2, 0.25) is 0 Å². The molecule has 0 heterocycles. The Morgan fingerprint density at radius 2 is 1.79 bits per heavy atom. The third-order valence-corrected chi connectivity index (χ3v) is 6.87. The molecular formula is C17H24O2. The molecule has 0 radical (unpaired) electrons. The summed E-state index contributed by atoms with van der Waals surface area (Å²) in [7, 11) is 0. The van der Waals surface area contributed by atoms with Crippen molar-refractivity contribution in [1.29, 1.82) is 0 Å². The zero-order valence-corrected chi connectivity index (χ0v) is 11.8. The normalized spacial score (nSPS) is 50.1. The van der Waals surface area contributed by atoms with Crippen molar-refractivity contribution in [2.24, 2.45) is 35.0 Å². The smallest absolute Gasteiger partial charge is 0.330 e. The van der Waals surface area contributed by atoms with Crippen LogP contribution >= 0.6 is 0 Å². The third-order valence-electron chi connectivity index (χ3n) is 6.87. The van der Waals surface area contributed by atoms with E-state index in [0.717, 1.165) is 29.6 Å². The van der Waals surface area contributed by atoms with Crippen LogP contribution in [0.4, 0.5) is 0 Å². The summed E-state index contributed by atoms with van der Waals surface area (Å²) < 4.78 is 5.65. The maximum atomic E-state index is 11.7. The predicted octanol–water partition coefficient (Wildman–Crippen LogP) is 3.57. The first-order valence-electron chi connectivity index (χ1n) is 8.05. The van der Waals surface area contributed by atoms with E-state index in [1.165, 1.54) is 38.5 Å². The predicted molar refractivity (Wildman–Crippen MR) is 73.4 cm³/mol. The summed E-state index contributed by atoms with van der Waals surface area (Å²) in [4.78, 5) is 11.7. The van der Waals surface area contributed by atoms with Crippen LogP contribution in [-0.4, -0.2) is 12.6 Å².